The molecule has 0 spiro atoms. The first-order chi connectivity index (χ1) is 6.77. The smallest absolute Gasteiger partial charge is 0.0431 e. The van der Waals surface area contributed by atoms with Gasteiger partial charge in [-0.1, -0.05) is 34.6 Å². The van der Waals surface area contributed by atoms with Crippen molar-refractivity contribution in [2.24, 2.45) is 10.8 Å². The van der Waals surface area contributed by atoms with Gasteiger partial charge in [0.05, 0.1) is 0 Å². The van der Waals surface area contributed by atoms with Gasteiger partial charge < -0.3 is 10.4 Å². The van der Waals surface area contributed by atoms with E-state index in [9.17, 15) is 0 Å². The van der Waals surface area contributed by atoms with Gasteiger partial charge in [0.1, 0.15) is 0 Å². The number of aliphatic hydroxyl groups excluding tert-OH is 1. The molecule has 92 valence electrons. The lowest BCUT2D eigenvalue weighted by atomic mass is 9.87. The van der Waals surface area contributed by atoms with Crippen LogP contribution >= 0.6 is 0 Å². The van der Waals surface area contributed by atoms with Crippen molar-refractivity contribution >= 4 is 0 Å². The molecule has 0 aromatic carbocycles. The SMILES string of the molecule is CC(C)(C)CCNCC(C)(C)CCCO. The van der Waals surface area contributed by atoms with E-state index < -0.39 is 0 Å². The summed E-state index contributed by atoms with van der Waals surface area (Å²) in [5.41, 5.74) is 0.725. The summed E-state index contributed by atoms with van der Waals surface area (Å²) in [5.74, 6) is 0. The first kappa shape index (κ1) is 14.9. The van der Waals surface area contributed by atoms with Gasteiger partial charge in [0.15, 0.2) is 0 Å². The van der Waals surface area contributed by atoms with Crippen LogP contribution in [0.5, 0.6) is 0 Å². The predicted molar refractivity (Wildman–Crippen MR) is 67.0 cm³/mol. The van der Waals surface area contributed by atoms with E-state index in [-0.39, 0.29) is 0 Å². The molecule has 15 heavy (non-hydrogen) atoms. The molecule has 0 radical (unpaired) electrons. The van der Waals surface area contributed by atoms with Gasteiger partial charge in [-0.25, -0.2) is 0 Å². The van der Waals surface area contributed by atoms with Crippen molar-refractivity contribution in [3.8, 4) is 0 Å². The van der Waals surface area contributed by atoms with E-state index in [4.69, 9.17) is 5.11 Å². The normalized spacial score (nSPS) is 13.2. The highest BCUT2D eigenvalue weighted by Gasteiger charge is 2.17. The molecule has 0 rings (SSSR count). The first-order valence-electron chi connectivity index (χ1n) is 6.08. The summed E-state index contributed by atoms with van der Waals surface area (Å²) in [6.07, 6.45) is 3.21. The summed E-state index contributed by atoms with van der Waals surface area (Å²) in [7, 11) is 0. The molecule has 0 unspecified atom stereocenters. The molecule has 0 atom stereocenters. The van der Waals surface area contributed by atoms with Gasteiger partial charge in [0, 0.05) is 13.2 Å². The zero-order valence-electron chi connectivity index (χ0n) is 11.2. The third-order valence-electron chi connectivity index (χ3n) is 2.67. The van der Waals surface area contributed by atoms with Crippen molar-refractivity contribution in [1.29, 1.82) is 0 Å². The monoisotopic (exact) mass is 215 g/mol. The highest BCUT2D eigenvalue weighted by atomic mass is 16.2. The molecule has 0 aliphatic heterocycles. The maximum Gasteiger partial charge on any atom is 0.0431 e. The van der Waals surface area contributed by atoms with Crippen LogP contribution in [0.25, 0.3) is 0 Å². The predicted octanol–water partition coefficient (Wildman–Crippen LogP) is 2.81. The lowest BCUT2D eigenvalue weighted by Crippen LogP contribution is -2.31. The molecular formula is C13H29NO. The summed E-state index contributed by atoms with van der Waals surface area (Å²) in [6.45, 7) is 13.8. The molecule has 0 amide bonds. The maximum absolute atomic E-state index is 8.79. The Morgan fingerprint density at radius 1 is 1.00 bits per heavy atom. The summed E-state index contributed by atoms with van der Waals surface area (Å²) in [6, 6.07) is 0. The number of aliphatic hydroxyl groups is 1. The van der Waals surface area contributed by atoms with E-state index in [1.54, 1.807) is 0 Å². The standard InChI is InChI=1S/C13H29NO/c1-12(2,3)8-9-14-11-13(4,5)7-6-10-15/h14-15H,6-11H2,1-5H3. The molecular weight excluding hydrogens is 186 g/mol. The summed E-state index contributed by atoms with van der Waals surface area (Å²) in [4.78, 5) is 0. The molecule has 0 aromatic heterocycles. The van der Waals surface area contributed by atoms with Crippen LogP contribution in [0.1, 0.15) is 53.9 Å². The second-order valence-electron chi connectivity index (χ2n) is 6.48. The number of rotatable bonds is 7. The van der Waals surface area contributed by atoms with Crippen molar-refractivity contribution in [3.63, 3.8) is 0 Å². The van der Waals surface area contributed by atoms with Crippen LogP contribution in [0, 0.1) is 10.8 Å². The minimum absolute atomic E-state index is 0.306. The van der Waals surface area contributed by atoms with Crippen LogP contribution in [0.3, 0.4) is 0 Å². The van der Waals surface area contributed by atoms with Crippen molar-refractivity contribution in [1.82, 2.24) is 5.32 Å². The third-order valence-corrected chi connectivity index (χ3v) is 2.67. The van der Waals surface area contributed by atoms with Crippen LogP contribution in [0.4, 0.5) is 0 Å². The highest BCUT2D eigenvalue weighted by Crippen LogP contribution is 2.21. The Balaban J connectivity index is 3.57. The van der Waals surface area contributed by atoms with E-state index in [0.29, 0.717) is 17.4 Å². The van der Waals surface area contributed by atoms with Gasteiger partial charge >= 0.3 is 0 Å². The Kier molecular flexibility index (Phi) is 6.46. The second kappa shape index (κ2) is 6.49. The van der Waals surface area contributed by atoms with Crippen molar-refractivity contribution in [2.75, 3.05) is 19.7 Å². The van der Waals surface area contributed by atoms with Gasteiger partial charge in [0.2, 0.25) is 0 Å². The zero-order chi connectivity index (χ0) is 11.9. The van der Waals surface area contributed by atoms with Crippen LogP contribution in [0.2, 0.25) is 0 Å². The van der Waals surface area contributed by atoms with Crippen molar-refractivity contribution < 1.29 is 5.11 Å². The van der Waals surface area contributed by atoms with E-state index in [1.807, 2.05) is 0 Å². The largest absolute Gasteiger partial charge is 0.396 e. The molecule has 0 saturated heterocycles. The Hall–Kier alpha value is -0.0800. The van der Waals surface area contributed by atoms with Crippen LogP contribution in [-0.4, -0.2) is 24.8 Å². The summed E-state index contributed by atoms with van der Waals surface area (Å²) in [5, 5.41) is 12.3. The molecule has 2 N–H and O–H groups in total. The molecule has 2 nitrogen and oxygen atoms in total. The zero-order valence-corrected chi connectivity index (χ0v) is 11.2. The number of hydrogen-bond acceptors (Lipinski definition) is 2. The topological polar surface area (TPSA) is 32.3 Å². The van der Waals surface area contributed by atoms with Crippen LogP contribution < -0.4 is 5.32 Å². The van der Waals surface area contributed by atoms with Gasteiger partial charge in [0.25, 0.3) is 0 Å². The Bertz CT molecular complexity index is 158. The molecule has 0 heterocycles. The third kappa shape index (κ3) is 10.2. The summed E-state index contributed by atoms with van der Waals surface area (Å²) < 4.78 is 0. The van der Waals surface area contributed by atoms with E-state index in [2.05, 4.69) is 39.9 Å². The average Bonchev–Trinajstić information content (AvgIpc) is 2.08. The molecule has 0 aliphatic rings. The van der Waals surface area contributed by atoms with Gasteiger partial charge in [-0.15, -0.1) is 0 Å². The highest BCUT2D eigenvalue weighted by molar-refractivity contribution is 4.72. The fraction of sp³-hybridized carbons (Fsp3) is 1.00. The Morgan fingerprint density at radius 2 is 1.60 bits per heavy atom. The van der Waals surface area contributed by atoms with E-state index in [1.165, 1.54) is 6.42 Å². The first-order valence-corrected chi connectivity index (χ1v) is 6.08. The molecule has 0 fully saturated rings. The van der Waals surface area contributed by atoms with Gasteiger partial charge in [-0.3, -0.25) is 0 Å². The average molecular weight is 215 g/mol. The van der Waals surface area contributed by atoms with Crippen LogP contribution in [0.15, 0.2) is 0 Å². The number of hydrogen-bond donors (Lipinski definition) is 2. The maximum atomic E-state index is 8.79. The Labute approximate surface area is 95.5 Å². The quantitative estimate of drug-likeness (QED) is 0.640. The van der Waals surface area contributed by atoms with Crippen LogP contribution in [-0.2, 0) is 0 Å². The molecule has 0 saturated carbocycles. The van der Waals surface area contributed by atoms with E-state index >= 15 is 0 Å². The fourth-order valence-electron chi connectivity index (χ4n) is 1.54. The van der Waals surface area contributed by atoms with Gasteiger partial charge in [-0.05, 0) is 36.6 Å². The molecule has 0 aromatic rings. The van der Waals surface area contributed by atoms with Gasteiger partial charge in [-0.2, -0.15) is 0 Å². The lowest BCUT2D eigenvalue weighted by Gasteiger charge is -2.26. The minimum atomic E-state index is 0.306. The number of nitrogens with one attached hydrogen (secondary N) is 1. The lowest BCUT2D eigenvalue weighted by molar-refractivity contribution is 0.234. The molecule has 0 aliphatic carbocycles. The summed E-state index contributed by atoms with van der Waals surface area (Å²) >= 11 is 0. The van der Waals surface area contributed by atoms with E-state index in [0.717, 1.165) is 25.9 Å². The molecule has 2 heteroatoms. The second-order valence-corrected chi connectivity index (χ2v) is 6.48. The molecule has 0 bridgehead atoms. The fourth-order valence-corrected chi connectivity index (χ4v) is 1.54. The van der Waals surface area contributed by atoms with Crippen molar-refractivity contribution in [3.05, 3.63) is 0 Å². The van der Waals surface area contributed by atoms with Crippen molar-refractivity contribution in [2.45, 2.75) is 53.9 Å². The minimum Gasteiger partial charge on any atom is -0.396 e. The Morgan fingerprint density at radius 3 is 2.07 bits per heavy atom.